The monoisotopic (exact) mass is 237 g/mol. The Kier molecular flexibility index (Phi) is 2.69. The molecular formula is C8H4ClN5O2. The SMILES string of the molecule is O=[N+]([O-])c1c(Cl)ncnc1-c1cnccn1. The number of hydrogen-bond donors (Lipinski definition) is 0. The highest BCUT2D eigenvalue weighted by Gasteiger charge is 2.23. The van der Waals surface area contributed by atoms with Crippen LogP contribution in [0.5, 0.6) is 0 Å². The summed E-state index contributed by atoms with van der Waals surface area (Å²) in [7, 11) is 0. The van der Waals surface area contributed by atoms with Gasteiger partial charge in [-0.05, 0) is 0 Å². The normalized spacial score (nSPS) is 10.1. The Morgan fingerprint density at radius 2 is 2.06 bits per heavy atom. The molecule has 7 nitrogen and oxygen atoms in total. The summed E-state index contributed by atoms with van der Waals surface area (Å²) in [6.07, 6.45) is 5.37. The van der Waals surface area contributed by atoms with Gasteiger partial charge in [0.1, 0.15) is 12.0 Å². The van der Waals surface area contributed by atoms with Crippen LogP contribution in [0.3, 0.4) is 0 Å². The summed E-state index contributed by atoms with van der Waals surface area (Å²) in [5.74, 6) is 0. The molecule has 2 aromatic rings. The molecule has 0 unspecified atom stereocenters. The Labute approximate surface area is 94.3 Å². The molecule has 0 aliphatic carbocycles. The van der Waals surface area contributed by atoms with Crippen LogP contribution in [0.4, 0.5) is 5.69 Å². The predicted octanol–water partition coefficient (Wildman–Crippen LogP) is 1.50. The van der Waals surface area contributed by atoms with E-state index in [2.05, 4.69) is 19.9 Å². The Balaban J connectivity index is 2.66. The number of rotatable bonds is 2. The maximum atomic E-state index is 10.8. The second-order valence-electron chi connectivity index (χ2n) is 2.71. The van der Waals surface area contributed by atoms with Crippen molar-refractivity contribution in [2.24, 2.45) is 0 Å². The van der Waals surface area contributed by atoms with Gasteiger partial charge >= 0.3 is 5.69 Å². The molecule has 0 atom stereocenters. The highest BCUT2D eigenvalue weighted by atomic mass is 35.5. The first-order valence-electron chi connectivity index (χ1n) is 4.11. The van der Waals surface area contributed by atoms with E-state index in [1.807, 2.05) is 0 Å². The molecule has 0 saturated carbocycles. The molecule has 16 heavy (non-hydrogen) atoms. The number of nitrogens with zero attached hydrogens (tertiary/aromatic N) is 5. The first kappa shape index (κ1) is 10.4. The molecular weight excluding hydrogens is 234 g/mol. The molecule has 0 radical (unpaired) electrons. The fraction of sp³-hybridized carbons (Fsp3) is 0. The summed E-state index contributed by atoms with van der Waals surface area (Å²) < 4.78 is 0. The van der Waals surface area contributed by atoms with Gasteiger partial charge in [-0.15, -0.1) is 0 Å². The zero-order valence-corrected chi connectivity index (χ0v) is 8.50. The van der Waals surface area contributed by atoms with Gasteiger partial charge in [-0.1, -0.05) is 11.6 Å². The van der Waals surface area contributed by atoms with E-state index in [4.69, 9.17) is 11.6 Å². The van der Waals surface area contributed by atoms with E-state index >= 15 is 0 Å². The average molecular weight is 238 g/mol. The van der Waals surface area contributed by atoms with Crippen molar-refractivity contribution in [3.63, 3.8) is 0 Å². The molecule has 0 aromatic carbocycles. The lowest BCUT2D eigenvalue weighted by Crippen LogP contribution is -1.98. The van der Waals surface area contributed by atoms with Gasteiger partial charge in [0.05, 0.1) is 11.1 Å². The van der Waals surface area contributed by atoms with Crippen molar-refractivity contribution in [2.45, 2.75) is 0 Å². The minimum atomic E-state index is -0.646. The first-order valence-corrected chi connectivity index (χ1v) is 4.49. The molecule has 80 valence electrons. The van der Waals surface area contributed by atoms with Crippen molar-refractivity contribution < 1.29 is 4.92 Å². The summed E-state index contributed by atoms with van der Waals surface area (Å²) >= 11 is 5.63. The van der Waals surface area contributed by atoms with Crippen molar-refractivity contribution >= 4 is 17.3 Å². The Morgan fingerprint density at radius 1 is 1.25 bits per heavy atom. The predicted molar refractivity (Wildman–Crippen MR) is 54.7 cm³/mol. The van der Waals surface area contributed by atoms with Crippen LogP contribution in [0.25, 0.3) is 11.4 Å². The largest absolute Gasteiger partial charge is 0.334 e. The summed E-state index contributed by atoms with van der Waals surface area (Å²) in [5.41, 5.74) is -0.0405. The average Bonchev–Trinajstić information content (AvgIpc) is 2.29. The number of aromatic nitrogens is 4. The van der Waals surface area contributed by atoms with Gasteiger partial charge in [0, 0.05) is 12.4 Å². The third-order valence-electron chi connectivity index (χ3n) is 1.77. The maximum Gasteiger partial charge on any atom is 0.334 e. The van der Waals surface area contributed by atoms with Gasteiger partial charge in [0.2, 0.25) is 5.15 Å². The summed E-state index contributed by atoms with van der Waals surface area (Å²) in [5, 5.41) is 10.6. The Bertz CT molecular complexity index is 533. The fourth-order valence-corrected chi connectivity index (χ4v) is 1.33. The van der Waals surface area contributed by atoms with E-state index in [1.54, 1.807) is 0 Å². The standard InChI is InChI=1S/C8H4ClN5O2/c9-8-7(14(15)16)6(12-4-13-8)5-3-10-1-2-11-5/h1-4H. The van der Waals surface area contributed by atoms with Crippen LogP contribution in [0.15, 0.2) is 24.9 Å². The topological polar surface area (TPSA) is 94.7 Å². The van der Waals surface area contributed by atoms with Crippen molar-refractivity contribution in [1.29, 1.82) is 0 Å². The minimum Gasteiger partial charge on any atom is -0.261 e. The molecule has 0 saturated heterocycles. The van der Waals surface area contributed by atoms with Crippen LogP contribution in [-0.4, -0.2) is 24.9 Å². The zero-order chi connectivity index (χ0) is 11.5. The lowest BCUT2D eigenvalue weighted by Gasteiger charge is -2.00. The smallest absolute Gasteiger partial charge is 0.261 e. The first-order chi connectivity index (χ1) is 7.70. The second-order valence-corrected chi connectivity index (χ2v) is 3.07. The number of halogens is 1. The highest BCUT2D eigenvalue weighted by Crippen LogP contribution is 2.30. The van der Waals surface area contributed by atoms with Gasteiger partial charge < -0.3 is 0 Å². The van der Waals surface area contributed by atoms with Crippen molar-refractivity contribution in [3.8, 4) is 11.4 Å². The zero-order valence-electron chi connectivity index (χ0n) is 7.74. The molecule has 0 N–H and O–H groups in total. The van der Waals surface area contributed by atoms with Crippen LogP contribution in [0.1, 0.15) is 0 Å². The fourth-order valence-electron chi connectivity index (χ4n) is 1.13. The van der Waals surface area contributed by atoms with Crippen LogP contribution < -0.4 is 0 Å². The van der Waals surface area contributed by atoms with E-state index in [0.717, 1.165) is 6.33 Å². The van der Waals surface area contributed by atoms with Gasteiger partial charge in [-0.3, -0.25) is 20.1 Å². The molecule has 0 fully saturated rings. The molecule has 0 aliphatic heterocycles. The van der Waals surface area contributed by atoms with Gasteiger partial charge in [0.25, 0.3) is 0 Å². The minimum absolute atomic E-state index is 0.0538. The molecule has 0 amide bonds. The molecule has 2 heterocycles. The van der Waals surface area contributed by atoms with Crippen LogP contribution in [-0.2, 0) is 0 Å². The number of hydrogen-bond acceptors (Lipinski definition) is 6. The second kappa shape index (κ2) is 4.15. The molecule has 0 spiro atoms. The van der Waals surface area contributed by atoms with Crippen LogP contribution in [0, 0.1) is 10.1 Å². The lowest BCUT2D eigenvalue weighted by atomic mass is 10.3. The van der Waals surface area contributed by atoms with Crippen molar-refractivity contribution in [3.05, 3.63) is 40.2 Å². The molecule has 8 heteroatoms. The van der Waals surface area contributed by atoms with E-state index in [9.17, 15) is 10.1 Å². The van der Waals surface area contributed by atoms with Crippen LogP contribution >= 0.6 is 11.6 Å². The van der Waals surface area contributed by atoms with E-state index in [0.29, 0.717) is 0 Å². The molecule has 0 bridgehead atoms. The lowest BCUT2D eigenvalue weighted by molar-refractivity contribution is -0.384. The Hall–Kier alpha value is -2.15. The van der Waals surface area contributed by atoms with Crippen molar-refractivity contribution in [1.82, 2.24) is 19.9 Å². The highest BCUT2D eigenvalue weighted by molar-refractivity contribution is 6.31. The summed E-state index contributed by atoms with van der Waals surface area (Å²) in [6.45, 7) is 0. The maximum absolute atomic E-state index is 10.8. The van der Waals surface area contributed by atoms with Crippen molar-refractivity contribution in [2.75, 3.05) is 0 Å². The van der Waals surface area contributed by atoms with Crippen LogP contribution in [0.2, 0.25) is 5.15 Å². The third-order valence-corrected chi connectivity index (χ3v) is 2.04. The van der Waals surface area contributed by atoms with Gasteiger partial charge in [-0.2, -0.15) is 0 Å². The summed E-state index contributed by atoms with van der Waals surface area (Å²) in [6, 6.07) is 0. The summed E-state index contributed by atoms with van der Waals surface area (Å²) in [4.78, 5) is 25.2. The molecule has 0 aliphatic rings. The van der Waals surface area contributed by atoms with Gasteiger partial charge in [0.15, 0.2) is 5.69 Å². The van der Waals surface area contributed by atoms with E-state index in [-0.39, 0.29) is 22.2 Å². The molecule has 2 aromatic heterocycles. The number of nitro groups is 1. The molecule has 2 rings (SSSR count). The van der Waals surface area contributed by atoms with E-state index in [1.165, 1.54) is 18.6 Å². The van der Waals surface area contributed by atoms with E-state index < -0.39 is 4.92 Å². The Morgan fingerprint density at radius 3 is 2.69 bits per heavy atom. The van der Waals surface area contributed by atoms with Gasteiger partial charge in [-0.25, -0.2) is 9.97 Å². The third kappa shape index (κ3) is 1.80. The quantitative estimate of drug-likeness (QED) is 0.446.